The third-order valence-corrected chi connectivity index (χ3v) is 5.23. The van der Waals surface area contributed by atoms with Crippen LogP contribution in [0.1, 0.15) is 12.0 Å². The molecule has 4 rings (SSSR count). The summed E-state index contributed by atoms with van der Waals surface area (Å²) in [4.78, 5) is 11.7. The Kier molecular flexibility index (Phi) is 6.49. The van der Waals surface area contributed by atoms with Crippen LogP contribution in [0.25, 0.3) is 22.6 Å². The maximum absolute atomic E-state index is 11.7. The summed E-state index contributed by atoms with van der Waals surface area (Å²) in [6, 6.07) is 19.7. The van der Waals surface area contributed by atoms with Gasteiger partial charge in [-0.2, -0.15) is 0 Å². The molecule has 0 bridgehead atoms. The number of rotatable bonds is 6. The van der Waals surface area contributed by atoms with Gasteiger partial charge in [-0.15, -0.1) is 12.4 Å². The van der Waals surface area contributed by atoms with Crippen molar-refractivity contribution < 1.29 is 14.4 Å². The third kappa shape index (κ3) is 4.43. The normalized spacial score (nSPS) is 17.1. The van der Waals surface area contributed by atoms with Crippen LogP contribution in [0.15, 0.2) is 65.2 Å². The van der Waals surface area contributed by atoms with Crippen molar-refractivity contribution in [2.24, 2.45) is 11.8 Å². The fraction of sp³-hybridized carbons (Fsp3) is 0.273. The predicted octanol–water partition coefficient (Wildman–Crippen LogP) is 4.28. The summed E-state index contributed by atoms with van der Waals surface area (Å²) in [7, 11) is 0. The second-order valence-corrected chi connectivity index (χ2v) is 7.04. The van der Waals surface area contributed by atoms with Crippen LogP contribution in [0.5, 0.6) is 0 Å². The number of hydrogen-bond donors (Lipinski definition) is 2. The van der Waals surface area contributed by atoms with E-state index in [0.717, 1.165) is 41.9 Å². The van der Waals surface area contributed by atoms with Crippen molar-refractivity contribution in [3.05, 3.63) is 66.2 Å². The van der Waals surface area contributed by atoms with Crippen LogP contribution in [-0.4, -0.2) is 29.3 Å². The molecule has 0 spiro atoms. The van der Waals surface area contributed by atoms with E-state index in [1.165, 1.54) is 0 Å². The SMILES string of the molecule is Cl.O=C(O)[C@@H](Cc1cccc(-c2cc(-c3ccccc3)no2)c1)[C@H]1CCNC1. The van der Waals surface area contributed by atoms with Gasteiger partial charge in [-0.05, 0) is 43.5 Å². The molecule has 28 heavy (non-hydrogen) atoms. The molecule has 5 nitrogen and oxygen atoms in total. The molecule has 146 valence electrons. The average molecular weight is 399 g/mol. The second kappa shape index (κ2) is 9.04. The number of hydrogen-bond acceptors (Lipinski definition) is 4. The predicted molar refractivity (Wildman–Crippen MR) is 110 cm³/mol. The number of aromatic nitrogens is 1. The molecule has 0 amide bonds. The summed E-state index contributed by atoms with van der Waals surface area (Å²) in [5.41, 5.74) is 3.71. The molecule has 0 unspecified atom stereocenters. The molecule has 1 fully saturated rings. The fourth-order valence-electron chi connectivity index (χ4n) is 3.74. The Labute approximate surface area is 170 Å². The largest absolute Gasteiger partial charge is 0.481 e. The first-order chi connectivity index (χ1) is 13.2. The molecule has 1 aromatic heterocycles. The van der Waals surface area contributed by atoms with Crippen molar-refractivity contribution >= 4 is 18.4 Å². The van der Waals surface area contributed by atoms with Crippen LogP contribution < -0.4 is 5.32 Å². The maximum atomic E-state index is 11.7. The lowest BCUT2D eigenvalue weighted by molar-refractivity contribution is -0.143. The van der Waals surface area contributed by atoms with Gasteiger partial charge < -0.3 is 14.9 Å². The Balaban J connectivity index is 0.00000225. The first-order valence-corrected chi connectivity index (χ1v) is 9.25. The highest BCUT2D eigenvalue weighted by atomic mass is 35.5. The number of benzene rings is 2. The van der Waals surface area contributed by atoms with Crippen LogP contribution in [0.2, 0.25) is 0 Å². The van der Waals surface area contributed by atoms with Crippen molar-refractivity contribution in [2.75, 3.05) is 13.1 Å². The van der Waals surface area contributed by atoms with E-state index in [1.54, 1.807) is 0 Å². The highest BCUT2D eigenvalue weighted by Gasteiger charge is 2.30. The van der Waals surface area contributed by atoms with Crippen molar-refractivity contribution in [1.82, 2.24) is 10.5 Å². The highest BCUT2D eigenvalue weighted by Crippen LogP contribution is 2.28. The van der Waals surface area contributed by atoms with Gasteiger partial charge in [-0.3, -0.25) is 4.79 Å². The molecule has 0 aliphatic carbocycles. The minimum absolute atomic E-state index is 0. The summed E-state index contributed by atoms with van der Waals surface area (Å²) in [6.07, 6.45) is 1.44. The molecule has 2 atom stereocenters. The standard InChI is InChI=1S/C22H22N2O3.ClH/c25-22(26)19(18-9-10-23-14-18)12-15-5-4-8-17(11-15)21-13-20(24-27-21)16-6-2-1-3-7-16;/h1-8,11,13,18-19,23H,9-10,12,14H2,(H,25,26);1H/t18-,19-;/m0./s1. The quantitative estimate of drug-likeness (QED) is 0.648. The number of nitrogens with one attached hydrogen (secondary N) is 1. The van der Waals surface area contributed by atoms with Crippen LogP contribution in [0.3, 0.4) is 0 Å². The lowest BCUT2D eigenvalue weighted by Crippen LogP contribution is -2.27. The van der Waals surface area contributed by atoms with Crippen molar-refractivity contribution in [3.8, 4) is 22.6 Å². The summed E-state index contributed by atoms with van der Waals surface area (Å²) in [5, 5.41) is 17.1. The molecule has 2 heterocycles. The topological polar surface area (TPSA) is 75.4 Å². The van der Waals surface area contributed by atoms with Gasteiger partial charge in [0, 0.05) is 17.2 Å². The maximum Gasteiger partial charge on any atom is 0.307 e. The summed E-state index contributed by atoms with van der Waals surface area (Å²) < 4.78 is 5.54. The molecule has 2 aromatic carbocycles. The number of carboxylic acid groups (broad SMARTS) is 1. The second-order valence-electron chi connectivity index (χ2n) is 7.04. The summed E-state index contributed by atoms with van der Waals surface area (Å²) in [6.45, 7) is 1.67. The molecular weight excluding hydrogens is 376 g/mol. The Morgan fingerprint density at radius 1 is 1.14 bits per heavy atom. The molecule has 0 saturated carbocycles. The number of halogens is 1. The van der Waals surface area contributed by atoms with E-state index >= 15 is 0 Å². The average Bonchev–Trinajstić information content (AvgIpc) is 3.39. The number of carbonyl (C=O) groups is 1. The molecule has 6 heteroatoms. The lowest BCUT2D eigenvalue weighted by atomic mass is 9.86. The lowest BCUT2D eigenvalue weighted by Gasteiger charge is -2.18. The molecule has 2 N–H and O–H groups in total. The fourth-order valence-corrected chi connectivity index (χ4v) is 3.74. The van der Waals surface area contributed by atoms with Gasteiger partial charge in [0.05, 0.1) is 5.92 Å². The molecule has 1 aliphatic rings. The summed E-state index contributed by atoms with van der Waals surface area (Å²) in [5.74, 6) is -0.226. The Bertz CT molecular complexity index is 920. The highest BCUT2D eigenvalue weighted by molar-refractivity contribution is 5.85. The van der Waals surface area contributed by atoms with E-state index in [-0.39, 0.29) is 24.2 Å². The molecule has 0 radical (unpaired) electrons. The Morgan fingerprint density at radius 3 is 2.64 bits per heavy atom. The van der Waals surface area contributed by atoms with Gasteiger partial charge >= 0.3 is 5.97 Å². The van der Waals surface area contributed by atoms with Crippen molar-refractivity contribution in [1.29, 1.82) is 0 Å². The van der Waals surface area contributed by atoms with Gasteiger partial charge in [0.2, 0.25) is 0 Å². The van der Waals surface area contributed by atoms with E-state index < -0.39 is 5.97 Å². The van der Waals surface area contributed by atoms with Crippen LogP contribution in [0.4, 0.5) is 0 Å². The van der Waals surface area contributed by atoms with Gasteiger partial charge in [0.15, 0.2) is 5.76 Å². The van der Waals surface area contributed by atoms with E-state index in [4.69, 9.17) is 4.52 Å². The zero-order valence-corrected chi connectivity index (χ0v) is 16.2. The first kappa shape index (κ1) is 20.1. The van der Waals surface area contributed by atoms with E-state index in [1.807, 2.05) is 60.7 Å². The van der Waals surface area contributed by atoms with Gasteiger partial charge in [-0.25, -0.2) is 0 Å². The summed E-state index contributed by atoms with van der Waals surface area (Å²) >= 11 is 0. The number of nitrogens with zero attached hydrogens (tertiary/aromatic N) is 1. The number of carboxylic acids is 1. The zero-order chi connectivity index (χ0) is 18.6. The Hall–Kier alpha value is -2.63. The molecule has 1 aliphatic heterocycles. The zero-order valence-electron chi connectivity index (χ0n) is 15.4. The third-order valence-electron chi connectivity index (χ3n) is 5.23. The van der Waals surface area contributed by atoms with Crippen LogP contribution in [-0.2, 0) is 11.2 Å². The van der Waals surface area contributed by atoms with Gasteiger partial charge in [0.1, 0.15) is 5.69 Å². The molecule has 1 saturated heterocycles. The molecular formula is C22H23ClN2O3. The van der Waals surface area contributed by atoms with Crippen LogP contribution in [0, 0.1) is 11.8 Å². The van der Waals surface area contributed by atoms with Gasteiger partial charge in [-0.1, -0.05) is 53.7 Å². The smallest absolute Gasteiger partial charge is 0.307 e. The first-order valence-electron chi connectivity index (χ1n) is 9.25. The minimum Gasteiger partial charge on any atom is -0.481 e. The van der Waals surface area contributed by atoms with Crippen molar-refractivity contribution in [3.63, 3.8) is 0 Å². The Morgan fingerprint density at radius 2 is 1.93 bits per heavy atom. The molecule has 3 aromatic rings. The number of aliphatic carboxylic acids is 1. The van der Waals surface area contributed by atoms with Crippen molar-refractivity contribution in [2.45, 2.75) is 12.8 Å². The minimum atomic E-state index is -0.722. The monoisotopic (exact) mass is 398 g/mol. The van der Waals surface area contributed by atoms with Gasteiger partial charge in [0.25, 0.3) is 0 Å². The van der Waals surface area contributed by atoms with E-state index in [9.17, 15) is 9.90 Å². The van der Waals surface area contributed by atoms with E-state index in [0.29, 0.717) is 12.2 Å². The van der Waals surface area contributed by atoms with E-state index in [2.05, 4.69) is 10.5 Å². The van der Waals surface area contributed by atoms with Crippen LogP contribution >= 0.6 is 12.4 Å².